The number of carbonyl (C=O) groups is 1. The van der Waals surface area contributed by atoms with E-state index in [1.165, 1.54) is 0 Å². The van der Waals surface area contributed by atoms with Gasteiger partial charge in [-0.3, -0.25) is 4.79 Å². The molecule has 0 heterocycles. The summed E-state index contributed by atoms with van der Waals surface area (Å²) in [5.41, 5.74) is 5.46. The first kappa shape index (κ1) is 12.4. The lowest BCUT2D eigenvalue weighted by molar-refractivity contribution is -0.140. The van der Waals surface area contributed by atoms with Crippen LogP contribution in [0.3, 0.4) is 0 Å². The molecule has 0 aromatic carbocycles. The van der Waals surface area contributed by atoms with Crippen LogP contribution >= 0.6 is 0 Å². The second-order valence-corrected chi connectivity index (χ2v) is 4.33. The molecule has 0 unspecified atom stereocenters. The van der Waals surface area contributed by atoms with Crippen LogP contribution in [0.25, 0.3) is 0 Å². The molecule has 0 saturated heterocycles. The summed E-state index contributed by atoms with van der Waals surface area (Å²) in [5.74, 6) is -1.02. The van der Waals surface area contributed by atoms with Crippen molar-refractivity contribution in [3.63, 3.8) is 0 Å². The lowest BCUT2D eigenvalue weighted by atomic mass is 9.93. The molecule has 4 heteroatoms. The van der Waals surface area contributed by atoms with Gasteiger partial charge in [-0.1, -0.05) is 20.8 Å². The van der Waals surface area contributed by atoms with Crippen molar-refractivity contribution < 1.29 is 14.6 Å². The molecule has 0 fully saturated rings. The third kappa shape index (κ3) is 7.74. The van der Waals surface area contributed by atoms with E-state index < -0.39 is 12.0 Å². The Labute approximate surface area is 79.1 Å². The van der Waals surface area contributed by atoms with Gasteiger partial charge in [0.05, 0.1) is 6.61 Å². The first-order valence-corrected chi connectivity index (χ1v) is 4.39. The lowest BCUT2D eigenvalue weighted by Gasteiger charge is -2.18. The quantitative estimate of drug-likeness (QED) is 0.629. The SMILES string of the molecule is CC(C)(C)CCOC[C@@H](N)C(=O)O. The first-order valence-electron chi connectivity index (χ1n) is 4.39. The molecule has 0 aliphatic heterocycles. The molecule has 0 amide bonds. The minimum absolute atomic E-state index is 0.0887. The number of rotatable bonds is 5. The standard InChI is InChI=1S/C9H19NO3/c1-9(2,3)4-5-13-6-7(10)8(11)12/h7H,4-6,10H2,1-3H3,(H,11,12)/t7-/m1/s1. The van der Waals surface area contributed by atoms with Crippen LogP contribution in [0.4, 0.5) is 0 Å². The fourth-order valence-corrected chi connectivity index (χ4v) is 0.660. The van der Waals surface area contributed by atoms with E-state index >= 15 is 0 Å². The summed E-state index contributed by atoms with van der Waals surface area (Å²) in [6, 6.07) is -0.903. The van der Waals surface area contributed by atoms with Crippen LogP contribution < -0.4 is 5.73 Å². The minimum atomic E-state index is -1.02. The highest BCUT2D eigenvalue weighted by molar-refractivity contribution is 5.73. The van der Waals surface area contributed by atoms with E-state index in [9.17, 15) is 4.79 Å². The molecular formula is C9H19NO3. The Balaban J connectivity index is 3.41. The van der Waals surface area contributed by atoms with Gasteiger partial charge in [-0.05, 0) is 11.8 Å². The van der Waals surface area contributed by atoms with Crippen LogP contribution in [0.15, 0.2) is 0 Å². The predicted octanol–water partition coefficient (Wildman–Crippen LogP) is 0.851. The Bertz CT molecular complexity index is 163. The second kappa shape index (κ2) is 5.19. The van der Waals surface area contributed by atoms with E-state index in [1.807, 2.05) is 0 Å². The number of hydrogen-bond acceptors (Lipinski definition) is 3. The molecule has 0 radical (unpaired) electrons. The molecule has 0 aromatic heterocycles. The summed E-state index contributed by atoms with van der Waals surface area (Å²) < 4.78 is 5.13. The molecule has 0 aromatic rings. The van der Waals surface area contributed by atoms with Gasteiger partial charge in [0, 0.05) is 6.61 Å². The third-order valence-electron chi connectivity index (χ3n) is 1.61. The maximum Gasteiger partial charge on any atom is 0.322 e. The molecular weight excluding hydrogens is 170 g/mol. The predicted molar refractivity (Wildman–Crippen MR) is 50.5 cm³/mol. The highest BCUT2D eigenvalue weighted by atomic mass is 16.5. The first-order chi connectivity index (χ1) is 5.83. The lowest BCUT2D eigenvalue weighted by Crippen LogP contribution is -2.35. The zero-order valence-corrected chi connectivity index (χ0v) is 8.54. The Kier molecular flexibility index (Phi) is 4.95. The molecule has 3 N–H and O–H groups in total. The summed E-state index contributed by atoms with van der Waals surface area (Å²) in [5, 5.41) is 8.44. The summed E-state index contributed by atoms with van der Waals surface area (Å²) in [4.78, 5) is 10.3. The van der Waals surface area contributed by atoms with Crippen molar-refractivity contribution >= 4 is 5.97 Å². The van der Waals surface area contributed by atoms with Crippen molar-refractivity contribution in [3.05, 3.63) is 0 Å². The number of hydrogen-bond donors (Lipinski definition) is 2. The Morgan fingerprint density at radius 3 is 2.46 bits per heavy atom. The molecule has 4 nitrogen and oxygen atoms in total. The third-order valence-corrected chi connectivity index (χ3v) is 1.61. The van der Waals surface area contributed by atoms with Crippen molar-refractivity contribution in [3.8, 4) is 0 Å². The normalized spacial score (nSPS) is 14.2. The van der Waals surface area contributed by atoms with Gasteiger partial charge in [-0.25, -0.2) is 0 Å². The molecule has 0 spiro atoms. The van der Waals surface area contributed by atoms with E-state index in [0.717, 1.165) is 6.42 Å². The molecule has 78 valence electrons. The van der Waals surface area contributed by atoms with Crippen LogP contribution in [0.1, 0.15) is 27.2 Å². The van der Waals surface area contributed by atoms with Crippen molar-refractivity contribution in [2.75, 3.05) is 13.2 Å². The van der Waals surface area contributed by atoms with Crippen LogP contribution in [0.5, 0.6) is 0 Å². The van der Waals surface area contributed by atoms with E-state index in [0.29, 0.717) is 6.61 Å². The average molecular weight is 189 g/mol. The number of nitrogens with two attached hydrogens (primary N) is 1. The molecule has 0 rings (SSSR count). The average Bonchev–Trinajstić information content (AvgIpc) is 1.95. The minimum Gasteiger partial charge on any atom is -0.480 e. The topological polar surface area (TPSA) is 72.5 Å². The van der Waals surface area contributed by atoms with Gasteiger partial charge in [-0.2, -0.15) is 0 Å². The second-order valence-electron chi connectivity index (χ2n) is 4.33. The molecule has 0 bridgehead atoms. The van der Waals surface area contributed by atoms with Crippen LogP contribution in [0, 0.1) is 5.41 Å². The maximum absolute atomic E-state index is 10.3. The zero-order valence-electron chi connectivity index (χ0n) is 8.54. The summed E-state index contributed by atoms with van der Waals surface area (Å²) >= 11 is 0. The highest BCUT2D eigenvalue weighted by Gasteiger charge is 2.13. The summed E-state index contributed by atoms with van der Waals surface area (Å²) in [6.07, 6.45) is 0.902. The number of aliphatic carboxylic acids is 1. The fraction of sp³-hybridized carbons (Fsp3) is 0.889. The van der Waals surface area contributed by atoms with E-state index in [-0.39, 0.29) is 12.0 Å². The van der Waals surface area contributed by atoms with Crippen molar-refractivity contribution in [2.45, 2.75) is 33.2 Å². The molecule has 0 aliphatic carbocycles. The van der Waals surface area contributed by atoms with Gasteiger partial charge in [0.2, 0.25) is 0 Å². The van der Waals surface area contributed by atoms with Gasteiger partial charge in [-0.15, -0.1) is 0 Å². The van der Waals surface area contributed by atoms with Crippen molar-refractivity contribution in [2.24, 2.45) is 11.1 Å². The van der Waals surface area contributed by atoms with Crippen molar-refractivity contribution in [1.82, 2.24) is 0 Å². The van der Waals surface area contributed by atoms with Gasteiger partial charge in [0.25, 0.3) is 0 Å². The monoisotopic (exact) mass is 189 g/mol. The smallest absolute Gasteiger partial charge is 0.322 e. The van der Waals surface area contributed by atoms with Crippen LogP contribution in [0.2, 0.25) is 0 Å². The summed E-state index contributed by atoms with van der Waals surface area (Å²) in [6.45, 7) is 6.96. The molecule has 0 aliphatic rings. The number of ether oxygens (including phenoxy) is 1. The van der Waals surface area contributed by atoms with Gasteiger partial charge < -0.3 is 15.6 Å². The summed E-state index contributed by atoms with van der Waals surface area (Å²) in [7, 11) is 0. The van der Waals surface area contributed by atoms with E-state index in [2.05, 4.69) is 20.8 Å². The number of carboxylic acid groups (broad SMARTS) is 1. The largest absolute Gasteiger partial charge is 0.480 e. The maximum atomic E-state index is 10.3. The molecule has 0 saturated carbocycles. The van der Waals surface area contributed by atoms with E-state index in [4.69, 9.17) is 15.6 Å². The molecule has 1 atom stereocenters. The van der Waals surface area contributed by atoms with E-state index in [1.54, 1.807) is 0 Å². The Hall–Kier alpha value is -0.610. The van der Waals surface area contributed by atoms with Crippen LogP contribution in [-0.4, -0.2) is 30.3 Å². The van der Waals surface area contributed by atoms with Gasteiger partial charge in [0.15, 0.2) is 0 Å². The number of carboxylic acids is 1. The highest BCUT2D eigenvalue weighted by Crippen LogP contribution is 2.17. The fourth-order valence-electron chi connectivity index (χ4n) is 0.660. The van der Waals surface area contributed by atoms with Crippen LogP contribution in [-0.2, 0) is 9.53 Å². The van der Waals surface area contributed by atoms with Crippen molar-refractivity contribution in [1.29, 1.82) is 0 Å². The zero-order chi connectivity index (χ0) is 10.5. The molecule has 13 heavy (non-hydrogen) atoms. The Morgan fingerprint density at radius 1 is 1.54 bits per heavy atom. The van der Waals surface area contributed by atoms with Gasteiger partial charge in [0.1, 0.15) is 6.04 Å². The Morgan fingerprint density at radius 2 is 2.08 bits per heavy atom. The van der Waals surface area contributed by atoms with Gasteiger partial charge >= 0.3 is 5.97 Å².